The number of ether oxygens (including phenoxy) is 2. The van der Waals surface area contributed by atoms with Gasteiger partial charge < -0.3 is 9.47 Å². The van der Waals surface area contributed by atoms with Crippen LogP contribution in [0.4, 0.5) is 0 Å². The highest BCUT2D eigenvalue weighted by atomic mass is 35.5. The average Bonchev–Trinajstić information content (AvgIpc) is 2.52. The molecule has 1 atom stereocenters. The molecule has 0 fully saturated rings. The smallest absolute Gasteiger partial charge is 0.127 e. The molecular formula is C16H19ClN2O2. The van der Waals surface area contributed by atoms with E-state index < -0.39 is 0 Å². The van der Waals surface area contributed by atoms with E-state index in [1.807, 2.05) is 42.5 Å². The molecule has 3 N–H and O–H groups in total. The predicted octanol–water partition coefficient (Wildman–Crippen LogP) is 3.10. The first-order valence-electron chi connectivity index (χ1n) is 6.61. The summed E-state index contributed by atoms with van der Waals surface area (Å²) in [5.74, 6) is 7.21. The Morgan fingerprint density at radius 3 is 2.24 bits per heavy atom. The Labute approximate surface area is 129 Å². The van der Waals surface area contributed by atoms with Gasteiger partial charge in [-0.25, -0.2) is 0 Å². The Morgan fingerprint density at radius 1 is 1.10 bits per heavy atom. The van der Waals surface area contributed by atoms with E-state index in [1.54, 1.807) is 14.2 Å². The molecule has 21 heavy (non-hydrogen) atoms. The monoisotopic (exact) mass is 306 g/mol. The molecule has 0 saturated carbocycles. The number of hydrazine groups is 1. The molecule has 0 aromatic heterocycles. The van der Waals surface area contributed by atoms with Gasteiger partial charge in [-0.05, 0) is 36.2 Å². The number of nitrogens with one attached hydrogen (secondary N) is 1. The van der Waals surface area contributed by atoms with Crippen molar-refractivity contribution in [2.45, 2.75) is 12.5 Å². The molecular weight excluding hydrogens is 288 g/mol. The number of hydrogen-bond acceptors (Lipinski definition) is 4. The molecule has 0 bridgehead atoms. The van der Waals surface area contributed by atoms with Crippen LogP contribution in [0.1, 0.15) is 17.2 Å². The van der Waals surface area contributed by atoms with E-state index in [0.29, 0.717) is 11.4 Å². The lowest BCUT2D eigenvalue weighted by atomic mass is 9.97. The van der Waals surface area contributed by atoms with Crippen LogP contribution in [0.2, 0.25) is 5.02 Å². The minimum absolute atomic E-state index is 0.144. The molecule has 2 aromatic rings. The summed E-state index contributed by atoms with van der Waals surface area (Å²) in [7, 11) is 3.26. The molecule has 4 nitrogen and oxygen atoms in total. The van der Waals surface area contributed by atoms with E-state index in [0.717, 1.165) is 22.6 Å². The summed E-state index contributed by atoms with van der Waals surface area (Å²) >= 11 is 6.03. The van der Waals surface area contributed by atoms with Crippen LogP contribution in [0.15, 0.2) is 42.5 Å². The highest BCUT2D eigenvalue weighted by molar-refractivity contribution is 6.30. The Balaban J connectivity index is 2.37. The molecule has 0 saturated heterocycles. The Morgan fingerprint density at radius 2 is 1.71 bits per heavy atom. The Hall–Kier alpha value is -1.75. The highest BCUT2D eigenvalue weighted by Crippen LogP contribution is 2.35. The van der Waals surface area contributed by atoms with E-state index in [1.165, 1.54) is 0 Å². The quantitative estimate of drug-likeness (QED) is 0.636. The van der Waals surface area contributed by atoms with Crippen LogP contribution in [-0.4, -0.2) is 14.2 Å². The van der Waals surface area contributed by atoms with Gasteiger partial charge in [-0.15, -0.1) is 0 Å². The lowest BCUT2D eigenvalue weighted by Crippen LogP contribution is -2.30. The molecule has 0 aliphatic heterocycles. The minimum atomic E-state index is -0.144. The van der Waals surface area contributed by atoms with Gasteiger partial charge in [0, 0.05) is 5.02 Å². The predicted molar refractivity (Wildman–Crippen MR) is 84.8 cm³/mol. The fraction of sp³-hybridized carbons (Fsp3) is 0.250. The molecule has 1 unspecified atom stereocenters. The van der Waals surface area contributed by atoms with Crippen molar-refractivity contribution in [3.63, 3.8) is 0 Å². The van der Waals surface area contributed by atoms with E-state index in [9.17, 15) is 0 Å². The number of hydrogen-bond donors (Lipinski definition) is 2. The van der Waals surface area contributed by atoms with Gasteiger partial charge >= 0.3 is 0 Å². The van der Waals surface area contributed by atoms with Crippen LogP contribution in [-0.2, 0) is 6.42 Å². The Bertz CT molecular complexity index is 582. The maximum absolute atomic E-state index is 6.03. The van der Waals surface area contributed by atoms with Gasteiger partial charge in [0.15, 0.2) is 0 Å². The molecule has 0 aliphatic rings. The highest BCUT2D eigenvalue weighted by Gasteiger charge is 2.20. The number of methoxy groups -OCH3 is 2. The largest absolute Gasteiger partial charge is 0.496 e. The van der Waals surface area contributed by atoms with Crippen molar-refractivity contribution >= 4 is 11.6 Å². The van der Waals surface area contributed by atoms with Crippen LogP contribution in [0, 0.1) is 0 Å². The standard InChI is InChI=1S/C16H19ClN2O2/c1-20-14-7-4-8-15(21-2)16(14)13(19-18)10-11-5-3-6-12(17)9-11/h3-9,13,19H,10,18H2,1-2H3. The maximum Gasteiger partial charge on any atom is 0.127 e. The van der Waals surface area contributed by atoms with E-state index in [4.69, 9.17) is 26.9 Å². The molecule has 2 aromatic carbocycles. The second-order valence-electron chi connectivity index (χ2n) is 4.63. The van der Waals surface area contributed by atoms with Crippen molar-refractivity contribution in [2.24, 2.45) is 5.84 Å². The van der Waals surface area contributed by atoms with Crippen LogP contribution >= 0.6 is 11.6 Å². The first-order valence-corrected chi connectivity index (χ1v) is 6.98. The number of benzene rings is 2. The number of halogens is 1. The lowest BCUT2D eigenvalue weighted by Gasteiger charge is -2.21. The SMILES string of the molecule is COc1cccc(OC)c1C(Cc1cccc(Cl)c1)NN. The second-order valence-corrected chi connectivity index (χ2v) is 5.07. The zero-order chi connectivity index (χ0) is 15.2. The summed E-state index contributed by atoms with van der Waals surface area (Å²) in [4.78, 5) is 0. The zero-order valence-electron chi connectivity index (χ0n) is 12.1. The number of rotatable bonds is 6. The van der Waals surface area contributed by atoms with Crippen LogP contribution < -0.4 is 20.7 Å². The fourth-order valence-electron chi connectivity index (χ4n) is 2.37. The van der Waals surface area contributed by atoms with Crippen molar-refractivity contribution < 1.29 is 9.47 Å². The average molecular weight is 307 g/mol. The van der Waals surface area contributed by atoms with Crippen molar-refractivity contribution in [3.8, 4) is 11.5 Å². The maximum atomic E-state index is 6.03. The summed E-state index contributed by atoms with van der Waals surface area (Å²) in [5.41, 5.74) is 4.81. The number of nitrogens with two attached hydrogens (primary N) is 1. The van der Waals surface area contributed by atoms with Crippen molar-refractivity contribution in [1.29, 1.82) is 0 Å². The molecule has 0 aliphatic carbocycles. The zero-order valence-corrected chi connectivity index (χ0v) is 12.9. The van der Waals surface area contributed by atoms with Gasteiger partial charge in [0.1, 0.15) is 11.5 Å². The minimum Gasteiger partial charge on any atom is -0.496 e. The van der Waals surface area contributed by atoms with Crippen LogP contribution in [0.3, 0.4) is 0 Å². The summed E-state index contributed by atoms with van der Waals surface area (Å²) in [6.07, 6.45) is 0.674. The lowest BCUT2D eigenvalue weighted by molar-refractivity contribution is 0.370. The summed E-state index contributed by atoms with van der Waals surface area (Å²) in [6, 6.07) is 13.2. The van der Waals surface area contributed by atoms with Gasteiger partial charge in [-0.2, -0.15) is 0 Å². The molecule has 0 amide bonds. The second kappa shape index (κ2) is 7.31. The Kier molecular flexibility index (Phi) is 5.44. The van der Waals surface area contributed by atoms with Crippen molar-refractivity contribution in [3.05, 3.63) is 58.6 Å². The van der Waals surface area contributed by atoms with E-state index >= 15 is 0 Å². The summed E-state index contributed by atoms with van der Waals surface area (Å²) in [5, 5.41) is 0.704. The van der Waals surface area contributed by atoms with Gasteiger partial charge in [0.2, 0.25) is 0 Å². The van der Waals surface area contributed by atoms with Gasteiger partial charge in [0.25, 0.3) is 0 Å². The van der Waals surface area contributed by atoms with E-state index in [2.05, 4.69) is 5.43 Å². The fourth-order valence-corrected chi connectivity index (χ4v) is 2.58. The third-order valence-corrected chi connectivity index (χ3v) is 3.58. The van der Waals surface area contributed by atoms with Crippen LogP contribution in [0.5, 0.6) is 11.5 Å². The molecule has 0 heterocycles. The molecule has 2 rings (SSSR count). The third-order valence-electron chi connectivity index (χ3n) is 3.34. The first kappa shape index (κ1) is 15.6. The normalized spacial score (nSPS) is 12.0. The van der Waals surface area contributed by atoms with Crippen molar-refractivity contribution in [2.75, 3.05) is 14.2 Å². The molecule has 0 spiro atoms. The van der Waals surface area contributed by atoms with Gasteiger partial charge in [0.05, 0.1) is 25.8 Å². The molecule has 112 valence electrons. The summed E-state index contributed by atoms with van der Waals surface area (Å²) in [6.45, 7) is 0. The molecule has 5 heteroatoms. The van der Waals surface area contributed by atoms with E-state index in [-0.39, 0.29) is 6.04 Å². The van der Waals surface area contributed by atoms with Crippen molar-refractivity contribution in [1.82, 2.24) is 5.43 Å². The molecule has 0 radical (unpaired) electrons. The van der Waals surface area contributed by atoms with Gasteiger partial charge in [-0.1, -0.05) is 29.8 Å². The van der Waals surface area contributed by atoms with Gasteiger partial charge in [-0.3, -0.25) is 11.3 Å². The van der Waals surface area contributed by atoms with Crippen LogP contribution in [0.25, 0.3) is 0 Å². The first-order chi connectivity index (χ1) is 10.2. The topological polar surface area (TPSA) is 56.5 Å². The summed E-state index contributed by atoms with van der Waals surface area (Å²) < 4.78 is 10.9. The third kappa shape index (κ3) is 3.67.